The Balaban J connectivity index is 0. The van der Waals surface area contributed by atoms with E-state index in [0.717, 1.165) is 19.6 Å². The number of aliphatic hydroxyl groups is 1. The van der Waals surface area contributed by atoms with E-state index in [2.05, 4.69) is 24.7 Å². The number of terminal acetylenes is 1. The topological polar surface area (TPSA) is 23.5 Å². The molecule has 1 unspecified atom stereocenters. The van der Waals surface area contributed by atoms with Crippen molar-refractivity contribution in [3.8, 4) is 12.3 Å². The van der Waals surface area contributed by atoms with Gasteiger partial charge in [0.25, 0.3) is 0 Å². The van der Waals surface area contributed by atoms with E-state index in [1.54, 1.807) is 6.92 Å². The second-order valence-electron chi connectivity index (χ2n) is 3.20. The summed E-state index contributed by atoms with van der Waals surface area (Å²) >= 11 is 0. The number of nitrogens with zero attached hydrogens (tertiary/aromatic N) is 1. The Kier molecular flexibility index (Phi) is 8.45. The molecule has 0 aromatic heterocycles. The molecule has 1 atom stereocenters. The Labute approximate surface area is 87.7 Å². The van der Waals surface area contributed by atoms with Gasteiger partial charge in [-0.1, -0.05) is 19.8 Å². The lowest BCUT2D eigenvalue weighted by atomic mass is 10.0. The average Bonchev–Trinajstić information content (AvgIpc) is 2.06. The molecule has 78 valence electrons. The van der Waals surface area contributed by atoms with E-state index >= 15 is 0 Å². The van der Waals surface area contributed by atoms with Crippen molar-refractivity contribution >= 4 is 12.4 Å². The highest BCUT2D eigenvalue weighted by molar-refractivity contribution is 5.85. The number of rotatable bonds is 5. The molecule has 0 rings (SSSR count). The van der Waals surface area contributed by atoms with Crippen molar-refractivity contribution in [2.75, 3.05) is 19.6 Å². The van der Waals surface area contributed by atoms with Crippen LogP contribution in [0.25, 0.3) is 0 Å². The van der Waals surface area contributed by atoms with Crippen LogP contribution < -0.4 is 0 Å². The molecule has 0 saturated heterocycles. The minimum Gasteiger partial charge on any atom is -0.378 e. The zero-order chi connectivity index (χ0) is 9.61. The summed E-state index contributed by atoms with van der Waals surface area (Å²) in [6.07, 6.45) is 5.80. The second kappa shape index (κ2) is 7.20. The average molecular weight is 206 g/mol. The SMILES string of the molecule is C#CC(C)(O)CCN(CC)CC.Cl. The third kappa shape index (κ3) is 6.89. The number of hydrogen-bond donors (Lipinski definition) is 1. The van der Waals surface area contributed by atoms with E-state index in [4.69, 9.17) is 6.42 Å². The van der Waals surface area contributed by atoms with Crippen molar-refractivity contribution in [3.63, 3.8) is 0 Å². The molecule has 3 heteroatoms. The molecule has 13 heavy (non-hydrogen) atoms. The predicted molar refractivity (Wildman–Crippen MR) is 59.1 cm³/mol. The lowest BCUT2D eigenvalue weighted by molar-refractivity contribution is 0.0967. The Hall–Kier alpha value is -0.230. The molecule has 0 aromatic rings. The van der Waals surface area contributed by atoms with Crippen LogP contribution in [0.15, 0.2) is 0 Å². The van der Waals surface area contributed by atoms with Gasteiger partial charge in [-0.15, -0.1) is 18.8 Å². The maximum Gasteiger partial charge on any atom is 0.123 e. The van der Waals surface area contributed by atoms with E-state index in [0.29, 0.717) is 6.42 Å². The van der Waals surface area contributed by atoms with Crippen LogP contribution in [0.2, 0.25) is 0 Å². The highest BCUT2D eigenvalue weighted by Gasteiger charge is 2.16. The largest absolute Gasteiger partial charge is 0.378 e. The van der Waals surface area contributed by atoms with Crippen LogP contribution in [-0.2, 0) is 0 Å². The normalized spacial score (nSPS) is 14.5. The highest BCUT2D eigenvalue weighted by Crippen LogP contribution is 2.07. The number of hydrogen-bond acceptors (Lipinski definition) is 2. The van der Waals surface area contributed by atoms with Crippen LogP contribution in [0.4, 0.5) is 0 Å². The summed E-state index contributed by atoms with van der Waals surface area (Å²) < 4.78 is 0. The molecule has 0 aromatic carbocycles. The Morgan fingerprint density at radius 1 is 1.38 bits per heavy atom. The lowest BCUT2D eigenvalue weighted by Gasteiger charge is -2.22. The predicted octanol–water partition coefficient (Wildman–Crippen LogP) is 1.52. The van der Waals surface area contributed by atoms with Crippen molar-refractivity contribution in [1.29, 1.82) is 0 Å². The fourth-order valence-corrected chi connectivity index (χ4v) is 0.988. The Bertz CT molecular complexity index is 159. The van der Waals surface area contributed by atoms with E-state index in [9.17, 15) is 5.11 Å². The molecule has 0 saturated carbocycles. The maximum absolute atomic E-state index is 9.50. The Morgan fingerprint density at radius 3 is 2.15 bits per heavy atom. The third-order valence-corrected chi connectivity index (χ3v) is 2.12. The van der Waals surface area contributed by atoms with Gasteiger partial charge < -0.3 is 10.0 Å². The van der Waals surface area contributed by atoms with Crippen LogP contribution >= 0.6 is 12.4 Å². The van der Waals surface area contributed by atoms with Gasteiger partial charge in [0.1, 0.15) is 5.60 Å². The van der Waals surface area contributed by atoms with E-state index < -0.39 is 5.60 Å². The summed E-state index contributed by atoms with van der Waals surface area (Å²) in [5.41, 5.74) is -0.942. The van der Waals surface area contributed by atoms with Gasteiger partial charge in [-0.2, -0.15) is 0 Å². The summed E-state index contributed by atoms with van der Waals surface area (Å²) in [4.78, 5) is 2.24. The number of halogens is 1. The van der Waals surface area contributed by atoms with Gasteiger partial charge in [-0.05, 0) is 26.4 Å². The van der Waals surface area contributed by atoms with E-state index in [-0.39, 0.29) is 12.4 Å². The highest BCUT2D eigenvalue weighted by atomic mass is 35.5. The smallest absolute Gasteiger partial charge is 0.123 e. The van der Waals surface area contributed by atoms with Gasteiger partial charge in [0.2, 0.25) is 0 Å². The molecule has 0 aliphatic carbocycles. The first-order valence-corrected chi connectivity index (χ1v) is 4.48. The summed E-state index contributed by atoms with van der Waals surface area (Å²) in [6.45, 7) is 8.77. The molecule has 0 fully saturated rings. The van der Waals surface area contributed by atoms with Crippen LogP contribution in [0.3, 0.4) is 0 Å². The molecule has 0 amide bonds. The van der Waals surface area contributed by atoms with Gasteiger partial charge in [0, 0.05) is 6.54 Å². The zero-order valence-corrected chi connectivity index (χ0v) is 9.52. The summed E-state index contributed by atoms with van der Waals surface area (Å²) in [7, 11) is 0. The Morgan fingerprint density at radius 2 is 1.85 bits per heavy atom. The molecule has 0 aliphatic rings. The van der Waals surface area contributed by atoms with Crippen molar-refractivity contribution in [2.45, 2.75) is 32.8 Å². The zero-order valence-electron chi connectivity index (χ0n) is 8.71. The fraction of sp³-hybridized carbons (Fsp3) is 0.800. The molecule has 2 nitrogen and oxygen atoms in total. The van der Waals surface area contributed by atoms with Gasteiger partial charge in [-0.25, -0.2) is 0 Å². The second-order valence-corrected chi connectivity index (χ2v) is 3.20. The van der Waals surface area contributed by atoms with E-state index in [1.165, 1.54) is 0 Å². The molecular weight excluding hydrogens is 186 g/mol. The van der Waals surface area contributed by atoms with Crippen molar-refractivity contribution in [3.05, 3.63) is 0 Å². The summed E-state index contributed by atoms with van der Waals surface area (Å²) in [6, 6.07) is 0. The van der Waals surface area contributed by atoms with Gasteiger partial charge >= 0.3 is 0 Å². The monoisotopic (exact) mass is 205 g/mol. The van der Waals surface area contributed by atoms with Gasteiger partial charge in [-0.3, -0.25) is 0 Å². The van der Waals surface area contributed by atoms with Crippen LogP contribution in [0.5, 0.6) is 0 Å². The van der Waals surface area contributed by atoms with Gasteiger partial charge in [0.15, 0.2) is 0 Å². The van der Waals surface area contributed by atoms with E-state index in [1.807, 2.05) is 0 Å². The molecular formula is C10H20ClNO. The van der Waals surface area contributed by atoms with Crippen molar-refractivity contribution < 1.29 is 5.11 Å². The fourth-order valence-electron chi connectivity index (χ4n) is 0.988. The molecule has 0 bridgehead atoms. The minimum atomic E-state index is -0.942. The minimum absolute atomic E-state index is 0. The summed E-state index contributed by atoms with van der Waals surface area (Å²) in [5, 5.41) is 9.50. The van der Waals surface area contributed by atoms with Crippen molar-refractivity contribution in [2.24, 2.45) is 0 Å². The lowest BCUT2D eigenvalue weighted by Crippen LogP contribution is -2.31. The molecule has 0 spiro atoms. The molecule has 0 aliphatic heterocycles. The van der Waals surface area contributed by atoms with Crippen LogP contribution in [0.1, 0.15) is 27.2 Å². The molecule has 0 heterocycles. The third-order valence-electron chi connectivity index (χ3n) is 2.12. The summed E-state index contributed by atoms with van der Waals surface area (Å²) in [5.74, 6) is 2.37. The van der Waals surface area contributed by atoms with Crippen molar-refractivity contribution in [1.82, 2.24) is 4.90 Å². The maximum atomic E-state index is 9.50. The van der Waals surface area contributed by atoms with Crippen LogP contribution in [-0.4, -0.2) is 35.2 Å². The van der Waals surface area contributed by atoms with Gasteiger partial charge in [0.05, 0.1) is 0 Å². The van der Waals surface area contributed by atoms with Crippen LogP contribution in [0, 0.1) is 12.3 Å². The quantitative estimate of drug-likeness (QED) is 0.689. The first-order chi connectivity index (χ1) is 5.55. The first kappa shape index (κ1) is 15.3. The molecule has 0 radical (unpaired) electrons. The first-order valence-electron chi connectivity index (χ1n) is 4.48. The standard InChI is InChI=1S/C10H19NO.ClH/c1-5-10(4,12)8-9-11(6-2)7-3;/h1,12H,6-9H2,2-4H3;1H. The molecule has 1 N–H and O–H groups in total.